The highest BCUT2D eigenvalue weighted by molar-refractivity contribution is 7.16. The maximum absolute atomic E-state index is 11.9. The first-order chi connectivity index (χ1) is 7.59. The van der Waals surface area contributed by atoms with Crippen LogP contribution in [0.5, 0.6) is 0 Å². The third-order valence-corrected chi connectivity index (χ3v) is 4.39. The normalized spacial score (nSPS) is 23.6. The highest BCUT2D eigenvalue weighted by Crippen LogP contribution is 2.31. The minimum absolute atomic E-state index is 0.0586. The summed E-state index contributed by atoms with van der Waals surface area (Å²) >= 11 is 7.42. The Morgan fingerprint density at radius 3 is 3.00 bits per heavy atom. The molecule has 0 aliphatic carbocycles. The van der Waals surface area contributed by atoms with Crippen LogP contribution in [0.15, 0.2) is 12.1 Å². The molecule has 3 nitrogen and oxygen atoms in total. The SMILES string of the molecule is CC(c1ccc(Cl)s1)N1CCCC(N)C1=O. The number of halogens is 1. The minimum atomic E-state index is -0.327. The van der Waals surface area contributed by atoms with Gasteiger partial charge in [0, 0.05) is 11.4 Å². The molecule has 2 atom stereocenters. The van der Waals surface area contributed by atoms with E-state index in [4.69, 9.17) is 17.3 Å². The van der Waals surface area contributed by atoms with Crippen LogP contribution in [0.3, 0.4) is 0 Å². The van der Waals surface area contributed by atoms with Crippen molar-refractivity contribution in [2.75, 3.05) is 6.54 Å². The van der Waals surface area contributed by atoms with E-state index in [1.165, 1.54) is 11.3 Å². The van der Waals surface area contributed by atoms with E-state index in [1.54, 1.807) is 0 Å². The molecule has 1 aromatic heterocycles. The van der Waals surface area contributed by atoms with Gasteiger partial charge < -0.3 is 10.6 Å². The highest BCUT2D eigenvalue weighted by Gasteiger charge is 2.30. The Morgan fingerprint density at radius 1 is 1.62 bits per heavy atom. The van der Waals surface area contributed by atoms with Crippen LogP contribution < -0.4 is 5.73 Å². The Balaban J connectivity index is 2.14. The van der Waals surface area contributed by atoms with Gasteiger partial charge in [-0.3, -0.25) is 4.79 Å². The van der Waals surface area contributed by atoms with E-state index in [9.17, 15) is 4.79 Å². The second-order valence-corrected chi connectivity index (χ2v) is 5.84. The van der Waals surface area contributed by atoms with Crippen molar-refractivity contribution in [3.8, 4) is 0 Å². The molecule has 5 heteroatoms. The van der Waals surface area contributed by atoms with Crippen LogP contribution in [-0.2, 0) is 4.79 Å². The molecular formula is C11H15ClN2OS. The van der Waals surface area contributed by atoms with E-state index in [2.05, 4.69) is 0 Å². The molecule has 2 heterocycles. The van der Waals surface area contributed by atoms with Crippen molar-refractivity contribution in [3.63, 3.8) is 0 Å². The van der Waals surface area contributed by atoms with Crippen LogP contribution in [0.2, 0.25) is 4.34 Å². The van der Waals surface area contributed by atoms with Gasteiger partial charge in [-0.05, 0) is 31.9 Å². The van der Waals surface area contributed by atoms with Crippen molar-refractivity contribution in [3.05, 3.63) is 21.3 Å². The molecule has 1 aliphatic rings. The van der Waals surface area contributed by atoms with Gasteiger partial charge in [-0.1, -0.05) is 11.6 Å². The van der Waals surface area contributed by atoms with Gasteiger partial charge in [0.1, 0.15) is 0 Å². The fourth-order valence-corrected chi connectivity index (χ4v) is 3.14. The predicted molar refractivity (Wildman–Crippen MR) is 66.7 cm³/mol. The van der Waals surface area contributed by atoms with Crippen molar-refractivity contribution in [2.45, 2.75) is 31.8 Å². The minimum Gasteiger partial charge on any atom is -0.334 e. The van der Waals surface area contributed by atoms with Crippen molar-refractivity contribution < 1.29 is 4.79 Å². The Labute approximate surface area is 104 Å². The van der Waals surface area contributed by atoms with Crippen LogP contribution in [0.25, 0.3) is 0 Å². The van der Waals surface area contributed by atoms with E-state index in [0.29, 0.717) is 0 Å². The fourth-order valence-electron chi connectivity index (χ4n) is 2.02. The number of rotatable bonds is 2. The van der Waals surface area contributed by atoms with Gasteiger partial charge in [0.25, 0.3) is 0 Å². The molecular weight excluding hydrogens is 244 g/mol. The smallest absolute Gasteiger partial charge is 0.240 e. The van der Waals surface area contributed by atoms with Crippen LogP contribution >= 0.6 is 22.9 Å². The highest BCUT2D eigenvalue weighted by atomic mass is 35.5. The van der Waals surface area contributed by atoms with Crippen molar-refractivity contribution in [1.82, 2.24) is 4.90 Å². The number of carbonyl (C=O) groups excluding carboxylic acids is 1. The van der Waals surface area contributed by atoms with Crippen molar-refractivity contribution in [2.24, 2.45) is 5.73 Å². The maximum atomic E-state index is 11.9. The summed E-state index contributed by atoms with van der Waals surface area (Å²) in [5.41, 5.74) is 5.78. The molecule has 1 fully saturated rings. The van der Waals surface area contributed by atoms with Crippen LogP contribution in [0.1, 0.15) is 30.7 Å². The van der Waals surface area contributed by atoms with Crippen molar-refractivity contribution in [1.29, 1.82) is 0 Å². The molecule has 88 valence electrons. The molecule has 1 aliphatic heterocycles. The summed E-state index contributed by atoms with van der Waals surface area (Å²) in [6.07, 6.45) is 1.78. The van der Waals surface area contributed by atoms with E-state index in [-0.39, 0.29) is 18.0 Å². The van der Waals surface area contributed by atoms with Gasteiger partial charge in [-0.15, -0.1) is 11.3 Å². The summed E-state index contributed by atoms with van der Waals surface area (Å²) in [7, 11) is 0. The molecule has 2 unspecified atom stereocenters. The number of hydrogen-bond acceptors (Lipinski definition) is 3. The molecule has 0 radical (unpaired) electrons. The first-order valence-corrected chi connectivity index (χ1v) is 6.60. The molecule has 0 saturated carbocycles. The second-order valence-electron chi connectivity index (χ2n) is 4.10. The second kappa shape index (κ2) is 4.73. The zero-order valence-corrected chi connectivity index (χ0v) is 10.7. The fraction of sp³-hybridized carbons (Fsp3) is 0.545. The summed E-state index contributed by atoms with van der Waals surface area (Å²) in [5.74, 6) is 0.0586. The molecule has 2 rings (SSSR count). The van der Waals surface area contributed by atoms with Crippen LogP contribution in [-0.4, -0.2) is 23.4 Å². The quantitative estimate of drug-likeness (QED) is 0.886. The van der Waals surface area contributed by atoms with Gasteiger partial charge in [0.2, 0.25) is 5.91 Å². The molecule has 1 aromatic rings. The third-order valence-electron chi connectivity index (χ3n) is 2.99. The summed E-state index contributed by atoms with van der Waals surface area (Å²) < 4.78 is 0.760. The van der Waals surface area contributed by atoms with Gasteiger partial charge in [0.05, 0.1) is 16.4 Å². The Kier molecular flexibility index (Phi) is 3.52. The Morgan fingerprint density at radius 2 is 2.38 bits per heavy atom. The monoisotopic (exact) mass is 258 g/mol. The lowest BCUT2D eigenvalue weighted by Crippen LogP contribution is -2.48. The van der Waals surface area contributed by atoms with Crippen LogP contribution in [0, 0.1) is 0 Å². The standard InChI is InChI=1S/C11H15ClN2OS/c1-7(9-4-5-10(12)16-9)14-6-2-3-8(13)11(14)15/h4-5,7-8H,2-3,6,13H2,1H3. The molecule has 1 saturated heterocycles. The summed E-state index contributed by atoms with van der Waals surface area (Å²) in [6, 6.07) is 3.60. The lowest BCUT2D eigenvalue weighted by molar-refractivity contribution is -0.137. The third kappa shape index (κ3) is 2.24. The number of thiophene rings is 1. The number of piperidine rings is 1. The first-order valence-electron chi connectivity index (χ1n) is 5.41. The predicted octanol–water partition coefficient (Wildman–Crippen LogP) is 2.41. The van der Waals surface area contributed by atoms with Crippen LogP contribution in [0.4, 0.5) is 0 Å². The Bertz CT molecular complexity index is 393. The van der Waals surface area contributed by atoms with Gasteiger partial charge in [0.15, 0.2) is 0 Å². The van der Waals surface area contributed by atoms with Gasteiger partial charge in [-0.2, -0.15) is 0 Å². The van der Waals surface area contributed by atoms with E-state index >= 15 is 0 Å². The van der Waals surface area contributed by atoms with E-state index in [0.717, 1.165) is 28.6 Å². The van der Waals surface area contributed by atoms with E-state index in [1.807, 2.05) is 24.0 Å². The zero-order valence-electron chi connectivity index (χ0n) is 9.15. The molecule has 2 N–H and O–H groups in total. The van der Waals surface area contributed by atoms with Crippen molar-refractivity contribution >= 4 is 28.8 Å². The average Bonchev–Trinajstić information content (AvgIpc) is 2.68. The number of likely N-dealkylation sites (tertiary alicyclic amines) is 1. The average molecular weight is 259 g/mol. The number of hydrogen-bond donors (Lipinski definition) is 1. The lowest BCUT2D eigenvalue weighted by atomic mass is 10.0. The number of nitrogens with zero attached hydrogens (tertiary/aromatic N) is 1. The van der Waals surface area contributed by atoms with Gasteiger partial charge >= 0.3 is 0 Å². The number of nitrogens with two attached hydrogens (primary N) is 1. The number of amides is 1. The zero-order chi connectivity index (χ0) is 11.7. The van der Waals surface area contributed by atoms with Gasteiger partial charge in [-0.25, -0.2) is 0 Å². The summed E-state index contributed by atoms with van der Waals surface area (Å²) in [4.78, 5) is 14.9. The summed E-state index contributed by atoms with van der Waals surface area (Å²) in [6.45, 7) is 2.82. The molecule has 0 bridgehead atoms. The largest absolute Gasteiger partial charge is 0.334 e. The maximum Gasteiger partial charge on any atom is 0.240 e. The molecule has 16 heavy (non-hydrogen) atoms. The first kappa shape index (κ1) is 11.9. The van der Waals surface area contributed by atoms with E-state index < -0.39 is 0 Å². The summed E-state index contributed by atoms with van der Waals surface area (Å²) in [5, 5.41) is 0. The topological polar surface area (TPSA) is 46.3 Å². The molecule has 0 spiro atoms. The number of carbonyl (C=O) groups is 1. The Hall–Kier alpha value is -0.580. The lowest BCUT2D eigenvalue weighted by Gasteiger charge is -2.34. The molecule has 1 amide bonds. The molecule has 0 aromatic carbocycles.